The van der Waals surface area contributed by atoms with Crippen LogP contribution in [0.25, 0.3) is 10.9 Å². The predicted molar refractivity (Wildman–Crippen MR) is 204 cm³/mol. The lowest BCUT2D eigenvalue weighted by atomic mass is 9.75. The van der Waals surface area contributed by atoms with E-state index in [1.54, 1.807) is 13.1 Å². The van der Waals surface area contributed by atoms with E-state index >= 15 is 0 Å². The Morgan fingerprint density at radius 3 is 2.49 bits per heavy atom. The first-order valence-corrected chi connectivity index (χ1v) is 20.2. The summed E-state index contributed by atoms with van der Waals surface area (Å²) in [7, 11) is 3.91. The topological polar surface area (TPSA) is 148 Å². The zero-order valence-electron chi connectivity index (χ0n) is 34.5. The fraction of sp³-hybridized carbons (Fsp3) is 0.762. The first kappa shape index (κ1) is 41.7. The van der Waals surface area contributed by atoms with Crippen LogP contribution in [0.2, 0.25) is 0 Å². The maximum absolute atomic E-state index is 14.3. The number of H-pyrrole nitrogens is 1. The van der Waals surface area contributed by atoms with Crippen LogP contribution < -0.4 is 0 Å². The van der Waals surface area contributed by atoms with Crippen molar-refractivity contribution in [2.75, 3.05) is 27.3 Å². The summed E-state index contributed by atoms with van der Waals surface area (Å²) < 4.78 is 46.7. The van der Waals surface area contributed by atoms with Gasteiger partial charge < -0.3 is 38.1 Å². The number of esters is 2. The van der Waals surface area contributed by atoms with Crippen molar-refractivity contribution in [1.29, 1.82) is 0 Å². The first-order valence-electron chi connectivity index (χ1n) is 20.2. The number of cyclic esters (lactones) is 1. The van der Waals surface area contributed by atoms with E-state index in [2.05, 4.69) is 42.2 Å². The highest BCUT2D eigenvalue weighted by Gasteiger charge is 2.59. The minimum absolute atomic E-state index is 0.0764. The van der Waals surface area contributed by atoms with Gasteiger partial charge in [-0.1, -0.05) is 39.8 Å². The minimum Gasteiger partial charge on any atom is -0.459 e. The molecule has 306 valence electrons. The minimum atomic E-state index is -1.30. The summed E-state index contributed by atoms with van der Waals surface area (Å²) in [4.78, 5) is 43.0. The zero-order valence-corrected chi connectivity index (χ0v) is 34.5. The summed E-state index contributed by atoms with van der Waals surface area (Å²) in [6.45, 7) is 17.6. The van der Waals surface area contributed by atoms with E-state index in [0.717, 1.165) is 16.5 Å². The van der Waals surface area contributed by atoms with Crippen molar-refractivity contribution < 1.29 is 47.5 Å². The van der Waals surface area contributed by atoms with E-state index in [9.17, 15) is 14.4 Å². The number of likely N-dealkylation sites (N-methyl/N-ethyl adjacent to an activating group) is 1. The second-order valence-electron chi connectivity index (χ2n) is 17.5. The predicted octanol–water partition coefficient (Wildman–Crippen LogP) is 5.27. The molecule has 4 saturated heterocycles. The number of carbonyl (C=O) groups is 3. The summed E-state index contributed by atoms with van der Waals surface area (Å²) in [6.07, 6.45) is -0.564. The van der Waals surface area contributed by atoms with Gasteiger partial charge in [-0.3, -0.25) is 19.5 Å². The standard InChI is InChI=1S/C42H63N3O10/c1-12-33-42(9)37(47)24(4)34(55-42)22(2)18-41(8)38(54-40-36(52-27(7)46)32(45(10)11)15-23(3)51-40)25(5)35(26(6)39(48)53-33)49-20-29(21-50-41)16-28-13-14-30-19-43-44-31(30)17-28/h13-14,17,19,22-26,29,32-36,38,40H,12,15-16,18,20-21H2,1-11H3,(H,43,44)/t22-,23-,24?,25-,26-,29?,32+,33-,34?,35+,36-,38-,40+,41-,42?/m1/s1. The molecule has 1 aromatic heterocycles. The van der Waals surface area contributed by atoms with Gasteiger partial charge in [-0.05, 0) is 85.0 Å². The van der Waals surface area contributed by atoms with Crippen LogP contribution >= 0.6 is 0 Å². The summed E-state index contributed by atoms with van der Waals surface area (Å²) >= 11 is 0. The van der Waals surface area contributed by atoms with Crippen LogP contribution in [-0.4, -0.2) is 120 Å². The van der Waals surface area contributed by atoms with Gasteiger partial charge in [0, 0.05) is 30.1 Å². The van der Waals surface area contributed by atoms with Crippen molar-refractivity contribution in [2.45, 2.75) is 148 Å². The highest BCUT2D eigenvalue weighted by Crippen LogP contribution is 2.46. The smallest absolute Gasteiger partial charge is 0.311 e. The van der Waals surface area contributed by atoms with E-state index < -0.39 is 77.7 Å². The number of hydrogen-bond donors (Lipinski definition) is 1. The van der Waals surface area contributed by atoms with Crippen LogP contribution in [0.15, 0.2) is 24.4 Å². The quantitative estimate of drug-likeness (QED) is 0.366. The number of fused-ring (bicyclic) bond motifs is 6. The van der Waals surface area contributed by atoms with E-state index in [-0.39, 0.29) is 29.8 Å². The number of hydrogen-bond acceptors (Lipinski definition) is 12. The van der Waals surface area contributed by atoms with Crippen LogP contribution in [0, 0.1) is 29.6 Å². The molecular formula is C42H63N3O10. The molecule has 2 aromatic rings. The molecule has 4 aliphatic heterocycles. The van der Waals surface area contributed by atoms with Gasteiger partial charge in [0.2, 0.25) is 0 Å². The molecule has 4 fully saturated rings. The summed E-state index contributed by atoms with van der Waals surface area (Å²) in [5, 5.41) is 8.29. The third-order valence-electron chi connectivity index (χ3n) is 12.8. The van der Waals surface area contributed by atoms with Crippen molar-refractivity contribution in [2.24, 2.45) is 29.6 Å². The Hall–Kier alpha value is -2.94. The van der Waals surface area contributed by atoms with Crippen LogP contribution in [0.4, 0.5) is 0 Å². The normalized spacial score (nSPS) is 41.8. The molecule has 1 aromatic carbocycles. The summed E-state index contributed by atoms with van der Waals surface area (Å²) in [5.41, 5.74) is -0.261. The van der Waals surface area contributed by atoms with Crippen molar-refractivity contribution in [3.63, 3.8) is 0 Å². The van der Waals surface area contributed by atoms with E-state index in [1.165, 1.54) is 6.92 Å². The number of carbonyl (C=O) groups excluding carboxylic acids is 3. The molecule has 1 N–H and O–H groups in total. The van der Waals surface area contributed by atoms with E-state index in [0.29, 0.717) is 38.9 Å². The number of aromatic amines is 1. The number of rotatable bonds is 7. The molecule has 4 unspecified atom stereocenters. The van der Waals surface area contributed by atoms with Crippen molar-refractivity contribution in [3.8, 4) is 0 Å². The molecule has 0 radical (unpaired) electrons. The van der Waals surface area contributed by atoms with E-state index in [4.69, 9.17) is 33.2 Å². The first-order chi connectivity index (χ1) is 25.9. The number of aromatic nitrogens is 2. The van der Waals surface area contributed by atoms with Crippen LogP contribution in [0.5, 0.6) is 0 Å². The molecule has 0 saturated carbocycles. The Kier molecular flexibility index (Phi) is 12.5. The molecule has 4 aliphatic rings. The van der Waals surface area contributed by atoms with Crippen molar-refractivity contribution in [3.05, 3.63) is 30.0 Å². The summed E-state index contributed by atoms with van der Waals surface area (Å²) in [5.74, 6) is -2.89. The molecule has 4 bridgehead atoms. The average molecular weight is 770 g/mol. The SMILES string of the molecule is CC[C@H]1OC(=O)[C@H](C)[C@H]2OCC(Cc3ccc4cn[nH]c4c3)CO[C@](C)(C[C@@H](C)C3OC1(C)C(=O)C3C)[C@H](O[C@@H]1O[C@H](C)C[C@H](N(C)C)[C@H]1OC(C)=O)[C@@H]2C. The van der Waals surface area contributed by atoms with Gasteiger partial charge in [0.25, 0.3) is 0 Å². The van der Waals surface area contributed by atoms with Gasteiger partial charge in [0.1, 0.15) is 6.10 Å². The molecule has 0 amide bonds. The highest BCUT2D eigenvalue weighted by molar-refractivity contribution is 5.92. The molecule has 15 atom stereocenters. The number of nitrogens with one attached hydrogen (secondary N) is 1. The second-order valence-corrected chi connectivity index (χ2v) is 17.5. The Labute approximate surface area is 325 Å². The monoisotopic (exact) mass is 769 g/mol. The Balaban J connectivity index is 1.45. The van der Waals surface area contributed by atoms with Gasteiger partial charge in [-0.25, -0.2) is 0 Å². The Morgan fingerprint density at radius 1 is 1.05 bits per heavy atom. The van der Waals surface area contributed by atoms with Gasteiger partial charge in [-0.15, -0.1) is 0 Å². The third kappa shape index (κ3) is 8.39. The molecule has 55 heavy (non-hydrogen) atoms. The fourth-order valence-corrected chi connectivity index (χ4v) is 9.88. The largest absolute Gasteiger partial charge is 0.459 e. The molecule has 6 rings (SSSR count). The maximum atomic E-state index is 14.3. The van der Waals surface area contributed by atoms with E-state index in [1.807, 2.05) is 53.6 Å². The van der Waals surface area contributed by atoms with Gasteiger partial charge in [-0.2, -0.15) is 5.10 Å². The van der Waals surface area contributed by atoms with Crippen molar-refractivity contribution >= 4 is 28.6 Å². The molecule has 13 nitrogen and oxygen atoms in total. The van der Waals surface area contributed by atoms with Gasteiger partial charge in [0.15, 0.2) is 23.8 Å². The second kappa shape index (κ2) is 16.5. The number of nitrogens with zero attached hydrogens (tertiary/aromatic N) is 2. The van der Waals surface area contributed by atoms with Crippen LogP contribution in [0.1, 0.15) is 87.1 Å². The Morgan fingerprint density at radius 2 is 1.80 bits per heavy atom. The van der Waals surface area contributed by atoms with Gasteiger partial charge in [0.05, 0.1) is 66.9 Å². The highest BCUT2D eigenvalue weighted by atomic mass is 16.7. The van der Waals surface area contributed by atoms with Crippen LogP contribution in [0.3, 0.4) is 0 Å². The number of ketones is 1. The van der Waals surface area contributed by atoms with Crippen LogP contribution in [-0.2, 0) is 54.0 Å². The lowest BCUT2D eigenvalue weighted by Crippen LogP contribution is -2.60. The summed E-state index contributed by atoms with van der Waals surface area (Å²) in [6, 6.07) is 6.07. The molecular weight excluding hydrogens is 706 g/mol. The Bertz CT molecular complexity index is 1680. The fourth-order valence-electron chi connectivity index (χ4n) is 9.88. The number of benzene rings is 1. The lowest BCUT2D eigenvalue weighted by molar-refractivity contribution is -0.305. The van der Waals surface area contributed by atoms with Gasteiger partial charge >= 0.3 is 11.9 Å². The third-order valence-corrected chi connectivity index (χ3v) is 12.8. The lowest BCUT2D eigenvalue weighted by Gasteiger charge is -2.49. The number of Topliss-reactive ketones (excluding diaryl/α,β-unsaturated/α-hetero) is 1. The van der Waals surface area contributed by atoms with Crippen molar-refractivity contribution in [1.82, 2.24) is 15.1 Å². The average Bonchev–Trinajstić information content (AvgIpc) is 3.70. The molecule has 5 heterocycles. The zero-order chi connectivity index (χ0) is 40.0. The molecule has 0 spiro atoms. The maximum Gasteiger partial charge on any atom is 0.311 e. The molecule has 13 heteroatoms. The molecule has 0 aliphatic carbocycles. The number of ether oxygens (including phenoxy) is 7.